The molecule has 76 valence electrons. The van der Waals surface area contributed by atoms with Gasteiger partial charge in [0.25, 0.3) is 0 Å². The molecular formula is C12H23N. The van der Waals surface area contributed by atoms with Gasteiger partial charge in [0, 0.05) is 6.42 Å². The number of likely N-dealkylation sites (tertiary alicyclic amines) is 1. The van der Waals surface area contributed by atoms with Crippen LogP contribution < -0.4 is 0 Å². The molecule has 0 amide bonds. The van der Waals surface area contributed by atoms with Crippen LogP contribution in [-0.2, 0) is 0 Å². The summed E-state index contributed by atoms with van der Waals surface area (Å²) in [4.78, 5) is 2.54. The first-order valence-electron chi connectivity index (χ1n) is 5.55. The van der Waals surface area contributed by atoms with Crippen LogP contribution in [0.4, 0.5) is 0 Å². The lowest BCUT2D eigenvalue weighted by molar-refractivity contribution is 0.335. The third-order valence-electron chi connectivity index (χ3n) is 2.15. The predicted molar refractivity (Wildman–Crippen MR) is 59.7 cm³/mol. The Balaban J connectivity index is 0.000000671. The van der Waals surface area contributed by atoms with Crippen molar-refractivity contribution in [3.8, 4) is 11.8 Å². The van der Waals surface area contributed by atoms with Crippen molar-refractivity contribution in [3.05, 3.63) is 0 Å². The van der Waals surface area contributed by atoms with Crippen molar-refractivity contribution < 1.29 is 0 Å². The second-order valence-corrected chi connectivity index (χ2v) is 3.08. The second-order valence-electron chi connectivity index (χ2n) is 3.08. The van der Waals surface area contributed by atoms with Gasteiger partial charge < -0.3 is 4.90 Å². The average molecular weight is 181 g/mol. The van der Waals surface area contributed by atoms with Gasteiger partial charge >= 0.3 is 0 Å². The Kier molecular flexibility index (Phi) is 9.25. The van der Waals surface area contributed by atoms with Crippen LogP contribution >= 0.6 is 0 Å². The van der Waals surface area contributed by atoms with Gasteiger partial charge in [0.15, 0.2) is 0 Å². The van der Waals surface area contributed by atoms with E-state index in [9.17, 15) is 0 Å². The van der Waals surface area contributed by atoms with Crippen molar-refractivity contribution in [2.24, 2.45) is 0 Å². The van der Waals surface area contributed by atoms with Gasteiger partial charge in [0.05, 0.1) is 0 Å². The van der Waals surface area contributed by atoms with Gasteiger partial charge in [-0.05, 0) is 45.8 Å². The standard InChI is InChI=1S/C10H17N.C2H6/c1-2-3-4-5-8-11-9-6-7-10-11;1-2/h4-10H2,1H3;1-2H3. The predicted octanol–water partition coefficient (Wildman–Crippen LogP) is 2.91. The van der Waals surface area contributed by atoms with E-state index >= 15 is 0 Å². The number of hydrogen-bond acceptors (Lipinski definition) is 1. The Morgan fingerprint density at radius 3 is 2.31 bits per heavy atom. The molecule has 0 unspecified atom stereocenters. The minimum atomic E-state index is 1.08. The van der Waals surface area contributed by atoms with Crippen molar-refractivity contribution in [2.75, 3.05) is 19.6 Å². The Labute approximate surface area is 83.5 Å². The molecule has 1 rings (SSSR count). The first-order chi connectivity index (χ1) is 6.43. The molecule has 1 saturated heterocycles. The molecule has 0 atom stereocenters. The van der Waals surface area contributed by atoms with Crippen LogP contribution in [0, 0.1) is 11.8 Å². The van der Waals surface area contributed by atoms with Crippen molar-refractivity contribution in [1.29, 1.82) is 0 Å². The van der Waals surface area contributed by atoms with Crippen molar-refractivity contribution >= 4 is 0 Å². The molecule has 0 aromatic heterocycles. The molecule has 0 aromatic carbocycles. The zero-order valence-electron chi connectivity index (χ0n) is 9.40. The molecular weight excluding hydrogens is 158 g/mol. The molecule has 13 heavy (non-hydrogen) atoms. The third kappa shape index (κ3) is 6.66. The Morgan fingerprint density at radius 1 is 1.15 bits per heavy atom. The maximum absolute atomic E-state index is 3.10. The number of nitrogens with zero attached hydrogens (tertiary/aromatic N) is 1. The van der Waals surface area contributed by atoms with E-state index < -0.39 is 0 Å². The number of unbranched alkanes of at least 4 members (excludes halogenated alkanes) is 1. The highest BCUT2D eigenvalue weighted by Crippen LogP contribution is 2.07. The molecule has 0 N–H and O–H groups in total. The highest BCUT2D eigenvalue weighted by molar-refractivity contribution is 4.94. The van der Waals surface area contributed by atoms with Gasteiger partial charge in [-0.25, -0.2) is 0 Å². The molecule has 0 aromatic rings. The molecule has 0 bridgehead atoms. The Morgan fingerprint density at radius 2 is 1.77 bits per heavy atom. The van der Waals surface area contributed by atoms with Crippen LogP contribution in [0.2, 0.25) is 0 Å². The van der Waals surface area contributed by atoms with E-state index in [0.29, 0.717) is 0 Å². The molecule has 1 heteroatoms. The monoisotopic (exact) mass is 181 g/mol. The van der Waals surface area contributed by atoms with E-state index in [2.05, 4.69) is 16.7 Å². The highest BCUT2D eigenvalue weighted by Gasteiger charge is 2.09. The van der Waals surface area contributed by atoms with Crippen LogP contribution in [0.5, 0.6) is 0 Å². The summed E-state index contributed by atoms with van der Waals surface area (Å²) in [5, 5.41) is 0. The maximum Gasteiger partial charge on any atom is 0.0101 e. The van der Waals surface area contributed by atoms with E-state index in [1.54, 1.807) is 0 Å². The smallest absolute Gasteiger partial charge is 0.0101 e. The molecule has 1 heterocycles. The molecule has 0 spiro atoms. The summed E-state index contributed by atoms with van der Waals surface area (Å²) >= 11 is 0. The third-order valence-corrected chi connectivity index (χ3v) is 2.15. The summed E-state index contributed by atoms with van der Waals surface area (Å²) in [7, 11) is 0. The van der Waals surface area contributed by atoms with E-state index in [0.717, 1.165) is 6.42 Å². The molecule has 1 fully saturated rings. The fourth-order valence-electron chi connectivity index (χ4n) is 1.52. The minimum Gasteiger partial charge on any atom is -0.303 e. The molecule has 1 aliphatic rings. The lowest BCUT2D eigenvalue weighted by atomic mass is 10.3. The van der Waals surface area contributed by atoms with Crippen LogP contribution in [0.1, 0.15) is 46.5 Å². The lowest BCUT2D eigenvalue weighted by Crippen LogP contribution is -2.20. The normalized spacial score (nSPS) is 15.6. The van der Waals surface area contributed by atoms with Crippen molar-refractivity contribution in [3.63, 3.8) is 0 Å². The van der Waals surface area contributed by atoms with Crippen LogP contribution in [0.15, 0.2) is 0 Å². The van der Waals surface area contributed by atoms with Crippen LogP contribution in [0.25, 0.3) is 0 Å². The molecule has 0 aliphatic carbocycles. The fraction of sp³-hybridized carbons (Fsp3) is 0.833. The molecule has 0 saturated carbocycles. The number of hydrogen-bond donors (Lipinski definition) is 0. The Hall–Kier alpha value is -0.480. The van der Waals surface area contributed by atoms with Crippen molar-refractivity contribution in [1.82, 2.24) is 4.90 Å². The van der Waals surface area contributed by atoms with Gasteiger partial charge in [-0.2, -0.15) is 0 Å². The van der Waals surface area contributed by atoms with E-state index in [-0.39, 0.29) is 0 Å². The van der Waals surface area contributed by atoms with Gasteiger partial charge in [-0.1, -0.05) is 13.8 Å². The first kappa shape index (κ1) is 12.5. The SMILES string of the molecule is CC.CC#CCCCN1CCCC1. The zero-order valence-corrected chi connectivity index (χ0v) is 9.40. The maximum atomic E-state index is 3.10. The first-order valence-corrected chi connectivity index (χ1v) is 5.55. The Bertz CT molecular complexity index is 146. The van der Waals surface area contributed by atoms with E-state index in [1.807, 2.05) is 20.8 Å². The summed E-state index contributed by atoms with van der Waals surface area (Å²) in [6, 6.07) is 0. The zero-order chi connectivity index (χ0) is 9.94. The summed E-state index contributed by atoms with van der Waals surface area (Å²) in [6.07, 6.45) is 5.13. The average Bonchev–Trinajstić information content (AvgIpc) is 2.68. The van der Waals surface area contributed by atoms with Gasteiger partial charge in [-0.3, -0.25) is 0 Å². The van der Waals surface area contributed by atoms with Crippen molar-refractivity contribution in [2.45, 2.75) is 46.5 Å². The quantitative estimate of drug-likeness (QED) is 0.478. The van der Waals surface area contributed by atoms with Gasteiger partial charge in [0.2, 0.25) is 0 Å². The second kappa shape index (κ2) is 9.61. The topological polar surface area (TPSA) is 3.24 Å². The molecule has 1 aliphatic heterocycles. The van der Waals surface area contributed by atoms with Gasteiger partial charge in [-0.15, -0.1) is 11.8 Å². The minimum absolute atomic E-state index is 1.08. The number of rotatable bonds is 3. The summed E-state index contributed by atoms with van der Waals surface area (Å²) in [5.41, 5.74) is 0. The molecule has 0 radical (unpaired) electrons. The van der Waals surface area contributed by atoms with Crippen LogP contribution in [0.3, 0.4) is 0 Å². The highest BCUT2D eigenvalue weighted by atomic mass is 15.1. The largest absolute Gasteiger partial charge is 0.303 e. The summed E-state index contributed by atoms with van der Waals surface area (Å²) < 4.78 is 0. The molecule has 1 nitrogen and oxygen atoms in total. The summed E-state index contributed by atoms with van der Waals surface area (Å²) in [6.45, 7) is 9.81. The lowest BCUT2D eigenvalue weighted by Gasteiger charge is -2.12. The van der Waals surface area contributed by atoms with E-state index in [4.69, 9.17) is 0 Å². The fourth-order valence-corrected chi connectivity index (χ4v) is 1.52. The van der Waals surface area contributed by atoms with E-state index in [1.165, 1.54) is 38.9 Å². The van der Waals surface area contributed by atoms with Crippen LogP contribution in [-0.4, -0.2) is 24.5 Å². The summed E-state index contributed by atoms with van der Waals surface area (Å²) in [5.74, 6) is 6.02. The van der Waals surface area contributed by atoms with Gasteiger partial charge in [0.1, 0.15) is 0 Å².